The number of aryl methyl sites for hydroxylation is 1. The first-order valence-electron chi connectivity index (χ1n) is 7.48. The molecule has 0 radical (unpaired) electrons. The zero-order chi connectivity index (χ0) is 14.5. The molecule has 0 amide bonds. The first-order chi connectivity index (χ1) is 9.69. The number of hydrazine groups is 1. The molecule has 1 atom stereocenters. The lowest BCUT2D eigenvalue weighted by Gasteiger charge is -2.37. The number of rotatable bonds is 8. The lowest BCUT2D eigenvalue weighted by Crippen LogP contribution is -2.37. The van der Waals surface area contributed by atoms with Crippen LogP contribution in [-0.4, -0.2) is 22.5 Å². The third kappa shape index (κ3) is 3.52. The molecule has 1 aliphatic rings. The highest BCUT2D eigenvalue weighted by Gasteiger charge is 2.33. The highest BCUT2D eigenvalue weighted by atomic mass is 35.5. The number of hydrogen-bond donors (Lipinski definition) is 2. The smallest absolute Gasteiger partial charge is 0.0834 e. The zero-order valence-electron chi connectivity index (χ0n) is 12.3. The molecule has 0 bridgehead atoms. The van der Waals surface area contributed by atoms with Crippen LogP contribution in [0.2, 0.25) is 5.02 Å². The fourth-order valence-corrected chi connectivity index (χ4v) is 3.21. The van der Waals surface area contributed by atoms with Crippen molar-refractivity contribution in [3.63, 3.8) is 0 Å². The zero-order valence-corrected chi connectivity index (χ0v) is 13.1. The van der Waals surface area contributed by atoms with Crippen LogP contribution in [0.25, 0.3) is 0 Å². The van der Waals surface area contributed by atoms with E-state index >= 15 is 0 Å². The lowest BCUT2D eigenvalue weighted by molar-refractivity contribution is -0.0293. The van der Waals surface area contributed by atoms with Crippen LogP contribution in [0.3, 0.4) is 0 Å². The predicted octanol–water partition coefficient (Wildman–Crippen LogP) is 2.66. The summed E-state index contributed by atoms with van der Waals surface area (Å²) < 4.78 is 7.57. The molecule has 1 fully saturated rings. The van der Waals surface area contributed by atoms with E-state index in [1.54, 1.807) is 6.20 Å². The molecule has 1 heterocycles. The second-order valence-electron chi connectivity index (χ2n) is 5.47. The molecule has 0 aliphatic heterocycles. The Morgan fingerprint density at radius 1 is 1.55 bits per heavy atom. The summed E-state index contributed by atoms with van der Waals surface area (Å²) in [7, 11) is 0. The van der Waals surface area contributed by atoms with Gasteiger partial charge in [0.25, 0.3) is 0 Å². The van der Waals surface area contributed by atoms with Crippen molar-refractivity contribution in [2.45, 2.75) is 58.2 Å². The minimum absolute atomic E-state index is 0.0594. The number of hydrogen-bond acceptors (Lipinski definition) is 4. The maximum atomic E-state index is 6.27. The maximum absolute atomic E-state index is 6.27. The average molecular weight is 301 g/mol. The van der Waals surface area contributed by atoms with Gasteiger partial charge in [0.1, 0.15) is 0 Å². The van der Waals surface area contributed by atoms with Gasteiger partial charge in [-0.1, -0.05) is 18.5 Å². The van der Waals surface area contributed by atoms with Gasteiger partial charge in [-0.25, -0.2) is 0 Å². The van der Waals surface area contributed by atoms with Crippen molar-refractivity contribution in [3.05, 3.63) is 16.9 Å². The molecule has 5 nitrogen and oxygen atoms in total. The summed E-state index contributed by atoms with van der Waals surface area (Å²) in [5.74, 6) is 6.38. The highest BCUT2D eigenvalue weighted by Crippen LogP contribution is 2.38. The average Bonchev–Trinajstić information content (AvgIpc) is 2.74. The number of aromatic nitrogens is 2. The van der Waals surface area contributed by atoms with E-state index in [0.717, 1.165) is 44.5 Å². The largest absolute Gasteiger partial charge is 0.378 e. The summed E-state index contributed by atoms with van der Waals surface area (Å²) in [5, 5.41) is 5.03. The summed E-state index contributed by atoms with van der Waals surface area (Å²) in [6.45, 7) is 5.83. The summed E-state index contributed by atoms with van der Waals surface area (Å²) in [6, 6.07) is 0.0594. The Morgan fingerprint density at radius 2 is 2.30 bits per heavy atom. The molecule has 1 unspecified atom stereocenters. The maximum Gasteiger partial charge on any atom is 0.0834 e. The minimum Gasteiger partial charge on any atom is -0.378 e. The monoisotopic (exact) mass is 300 g/mol. The second kappa shape index (κ2) is 7.41. The van der Waals surface area contributed by atoms with Crippen molar-refractivity contribution in [1.82, 2.24) is 15.2 Å². The first-order valence-corrected chi connectivity index (χ1v) is 7.86. The van der Waals surface area contributed by atoms with Crippen LogP contribution in [0.1, 0.15) is 51.3 Å². The normalized spacial score (nSPS) is 23.6. The molecule has 0 saturated heterocycles. The van der Waals surface area contributed by atoms with E-state index in [1.807, 2.05) is 11.6 Å². The summed E-state index contributed by atoms with van der Waals surface area (Å²) >= 11 is 6.27. The molecule has 0 aromatic carbocycles. The van der Waals surface area contributed by atoms with E-state index < -0.39 is 0 Å². The van der Waals surface area contributed by atoms with Gasteiger partial charge in [0.15, 0.2) is 0 Å². The summed E-state index contributed by atoms with van der Waals surface area (Å²) in [4.78, 5) is 0. The van der Waals surface area contributed by atoms with E-state index in [4.69, 9.17) is 22.2 Å². The Morgan fingerprint density at radius 3 is 2.90 bits per heavy atom. The molecule has 20 heavy (non-hydrogen) atoms. The van der Waals surface area contributed by atoms with E-state index in [0.29, 0.717) is 17.0 Å². The quantitative estimate of drug-likeness (QED) is 0.572. The van der Waals surface area contributed by atoms with Gasteiger partial charge < -0.3 is 4.74 Å². The summed E-state index contributed by atoms with van der Waals surface area (Å²) in [6.07, 6.45) is 6.38. The Balaban J connectivity index is 1.97. The Kier molecular flexibility index (Phi) is 5.84. The van der Waals surface area contributed by atoms with Crippen molar-refractivity contribution in [2.24, 2.45) is 11.8 Å². The van der Waals surface area contributed by atoms with Crippen molar-refractivity contribution in [3.8, 4) is 0 Å². The Hall–Kier alpha value is -0.620. The number of ether oxygens (including phenoxy) is 1. The fraction of sp³-hybridized carbons (Fsp3) is 0.786. The lowest BCUT2D eigenvalue weighted by atomic mass is 9.78. The van der Waals surface area contributed by atoms with E-state index in [-0.39, 0.29) is 6.04 Å². The molecular weight excluding hydrogens is 276 g/mol. The molecule has 1 aromatic rings. The molecule has 114 valence electrons. The minimum atomic E-state index is 0.0594. The summed E-state index contributed by atoms with van der Waals surface area (Å²) in [5.41, 5.74) is 3.91. The van der Waals surface area contributed by atoms with Gasteiger partial charge in [-0.15, -0.1) is 0 Å². The molecule has 2 rings (SSSR count). The van der Waals surface area contributed by atoms with Crippen molar-refractivity contribution < 1.29 is 4.74 Å². The molecule has 6 heteroatoms. The molecular formula is C14H25ClN4O. The highest BCUT2D eigenvalue weighted by molar-refractivity contribution is 6.31. The van der Waals surface area contributed by atoms with Crippen LogP contribution >= 0.6 is 11.6 Å². The van der Waals surface area contributed by atoms with E-state index in [1.165, 1.54) is 0 Å². The van der Waals surface area contributed by atoms with Crippen LogP contribution in [-0.2, 0) is 11.3 Å². The standard InChI is InChI=1S/C14H25ClN4O/c1-3-5-19-14(12(15)9-17-19)13(18-16)8-10-6-11(7-10)20-4-2/h9-11,13,18H,3-8,16H2,1-2H3. The van der Waals surface area contributed by atoms with E-state index in [9.17, 15) is 0 Å². The van der Waals surface area contributed by atoms with Gasteiger partial charge in [-0.2, -0.15) is 5.10 Å². The van der Waals surface area contributed by atoms with Gasteiger partial charge in [-0.3, -0.25) is 16.0 Å². The SMILES string of the molecule is CCCn1ncc(Cl)c1C(CC1CC(OCC)C1)NN. The molecule has 1 aromatic heterocycles. The first kappa shape index (κ1) is 15.8. The number of nitrogens with two attached hydrogens (primary N) is 1. The third-order valence-electron chi connectivity index (χ3n) is 3.96. The van der Waals surface area contributed by atoms with Crippen LogP contribution in [0.5, 0.6) is 0 Å². The van der Waals surface area contributed by atoms with Crippen LogP contribution in [0.15, 0.2) is 6.20 Å². The van der Waals surface area contributed by atoms with Crippen molar-refractivity contribution >= 4 is 11.6 Å². The molecule has 0 spiro atoms. The van der Waals surface area contributed by atoms with E-state index in [2.05, 4.69) is 17.4 Å². The predicted molar refractivity (Wildman–Crippen MR) is 80.3 cm³/mol. The van der Waals surface area contributed by atoms with Gasteiger partial charge >= 0.3 is 0 Å². The van der Waals surface area contributed by atoms with Crippen LogP contribution in [0.4, 0.5) is 0 Å². The van der Waals surface area contributed by atoms with Gasteiger partial charge in [0.2, 0.25) is 0 Å². The molecule has 3 N–H and O–H groups in total. The molecule has 1 saturated carbocycles. The Bertz CT molecular complexity index is 417. The van der Waals surface area contributed by atoms with Crippen LogP contribution < -0.4 is 11.3 Å². The molecule has 1 aliphatic carbocycles. The van der Waals surface area contributed by atoms with Crippen molar-refractivity contribution in [1.29, 1.82) is 0 Å². The number of halogens is 1. The number of nitrogens with one attached hydrogen (secondary N) is 1. The topological polar surface area (TPSA) is 65.1 Å². The Labute approximate surface area is 125 Å². The van der Waals surface area contributed by atoms with Gasteiger partial charge in [0, 0.05) is 13.2 Å². The van der Waals surface area contributed by atoms with Crippen LogP contribution in [0, 0.1) is 5.92 Å². The fourth-order valence-electron chi connectivity index (χ4n) is 2.94. The van der Waals surface area contributed by atoms with Gasteiger partial charge in [0.05, 0.1) is 29.1 Å². The van der Waals surface area contributed by atoms with Crippen molar-refractivity contribution in [2.75, 3.05) is 6.61 Å². The number of nitrogens with zero attached hydrogens (tertiary/aromatic N) is 2. The third-order valence-corrected chi connectivity index (χ3v) is 4.25. The van der Waals surface area contributed by atoms with Gasteiger partial charge in [-0.05, 0) is 38.5 Å². The second-order valence-corrected chi connectivity index (χ2v) is 5.88.